The third-order valence-electron chi connectivity index (χ3n) is 3.61. The van der Waals surface area contributed by atoms with E-state index in [1.165, 1.54) is 26.1 Å². The zero-order valence-corrected chi connectivity index (χ0v) is 14.1. The summed E-state index contributed by atoms with van der Waals surface area (Å²) in [4.78, 5) is 4.94. The van der Waals surface area contributed by atoms with Crippen LogP contribution in [0.5, 0.6) is 0 Å². The van der Waals surface area contributed by atoms with E-state index in [0.717, 1.165) is 0 Å². The number of thiophene rings is 2. The summed E-state index contributed by atoms with van der Waals surface area (Å²) in [5.74, 6) is 0. The van der Waals surface area contributed by atoms with Crippen LogP contribution in [0.25, 0.3) is 9.75 Å². The molecule has 3 heteroatoms. The van der Waals surface area contributed by atoms with E-state index in [4.69, 9.17) is 0 Å². The summed E-state index contributed by atoms with van der Waals surface area (Å²) in [7, 11) is 0. The Kier molecular flexibility index (Phi) is 3.97. The van der Waals surface area contributed by atoms with Gasteiger partial charge in [-0.25, -0.2) is 0 Å². The van der Waals surface area contributed by atoms with Crippen molar-refractivity contribution in [3.8, 4) is 9.75 Å². The van der Waals surface area contributed by atoms with Crippen molar-refractivity contribution < 1.29 is 0 Å². The quantitative estimate of drug-likeness (QED) is 0.391. The van der Waals surface area contributed by atoms with Crippen molar-refractivity contribution in [2.24, 2.45) is 0 Å². The molecule has 0 saturated heterocycles. The Hall–Kier alpha value is -2.36. The highest BCUT2D eigenvalue weighted by Gasteiger charge is 2.14. The lowest BCUT2D eigenvalue weighted by molar-refractivity contribution is 1.32. The highest BCUT2D eigenvalue weighted by atomic mass is 32.1. The van der Waals surface area contributed by atoms with Gasteiger partial charge in [-0.2, -0.15) is 0 Å². The van der Waals surface area contributed by atoms with Gasteiger partial charge in [-0.15, -0.1) is 22.7 Å². The fourth-order valence-corrected chi connectivity index (χ4v) is 4.44. The number of hydrogen-bond donors (Lipinski definition) is 0. The topological polar surface area (TPSA) is 3.24 Å². The molecule has 2 aromatic heterocycles. The summed E-state index contributed by atoms with van der Waals surface area (Å²) in [5, 5.41) is 3.35. The molecule has 23 heavy (non-hydrogen) atoms. The van der Waals surface area contributed by atoms with Crippen LogP contribution in [0.1, 0.15) is 0 Å². The zero-order chi connectivity index (χ0) is 15.5. The van der Waals surface area contributed by atoms with Gasteiger partial charge in [0.1, 0.15) is 5.00 Å². The van der Waals surface area contributed by atoms with Gasteiger partial charge in [0.2, 0.25) is 0 Å². The first-order chi connectivity index (χ1) is 11.4. The number of rotatable bonds is 4. The molecule has 2 aromatic carbocycles. The van der Waals surface area contributed by atoms with Gasteiger partial charge in [-0.05, 0) is 47.8 Å². The van der Waals surface area contributed by atoms with E-state index >= 15 is 0 Å². The third kappa shape index (κ3) is 2.93. The van der Waals surface area contributed by atoms with Crippen LogP contribution in [0, 0.1) is 0 Å². The molecule has 0 amide bonds. The molecule has 1 nitrogen and oxygen atoms in total. The Morgan fingerprint density at radius 2 is 1.22 bits per heavy atom. The maximum absolute atomic E-state index is 2.31. The number of anilines is 3. The predicted octanol–water partition coefficient (Wildman–Crippen LogP) is 6.95. The molecule has 2 heterocycles. The smallest absolute Gasteiger partial charge is 0.101 e. The van der Waals surface area contributed by atoms with E-state index in [2.05, 4.69) is 95.2 Å². The van der Waals surface area contributed by atoms with Gasteiger partial charge < -0.3 is 4.90 Å². The lowest BCUT2D eigenvalue weighted by atomic mass is 10.2. The zero-order valence-electron chi connectivity index (χ0n) is 12.4. The van der Waals surface area contributed by atoms with Gasteiger partial charge >= 0.3 is 0 Å². The molecule has 0 spiro atoms. The molecule has 0 aliphatic heterocycles. The van der Waals surface area contributed by atoms with Gasteiger partial charge in [-0.1, -0.05) is 42.5 Å². The van der Waals surface area contributed by atoms with Gasteiger partial charge in [0.15, 0.2) is 0 Å². The van der Waals surface area contributed by atoms with Crippen LogP contribution in [0.3, 0.4) is 0 Å². The number of hydrogen-bond acceptors (Lipinski definition) is 3. The molecule has 4 aromatic rings. The summed E-state index contributed by atoms with van der Waals surface area (Å²) in [6.45, 7) is 0. The second kappa shape index (κ2) is 6.41. The van der Waals surface area contributed by atoms with Crippen molar-refractivity contribution in [1.82, 2.24) is 0 Å². The Labute approximate surface area is 144 Å². The molecule has 0 fully saturated rings. The van der Waals surface area contributed by atoms with Gasteiger partial charge in [0.25, 0.3) is 0 Å². The van der Waals surface area contributed by atoms with E-state index in [-0.39, 0.29) is 0 Å². The highest BCUT2D eigenvalue weighted by molar-refractivity contribution is 7.23. The van der Waals surface area contributed by atoms with E-state index in [0.29, 0.717) is 0 Å². The monoisotopic (exact) mass is 333 g/mol. The summed E-state index contributed by atoms with van der Waals surface area (Å²) in [6, 6.07) is 29.7. The fourth-order valence-electron chi connectivity index (χ4n) is 2.56. The normalized spacial score (nSPS) is 10.6. The lowest BCUT2D eigenvalue weighted by Crippen LogP contribution is -2.07. The van der Waals surface area contributed by atoms with Crippen LogP contribution < -0.4 is 4.90 Å². The van der Waals surface area contributed by atoms with Crippen molar-refractivity contribution >= 4 is 39.0 Å². The summed E-state index contributed by atoms with van der Waals surface area (Å²) < 4.78 is 0. The largest absolute Gasteiger partial charge is 0.302 e. The summed E-state index contributed by atoms with van der Waals surface area (Å²) in [5.41, 5.74) is 2.36. The van der Waals surface area contributed by atoms with Crippen molar-refractivity contribution in [3.05, 3.63) is 90.3 Å². The molecule has 0 aliphatic rings. The predicted molar refractivity (Wildman–Crippen MR) is 102 cm³/mol. The number of para-hydroxylation sites is 2. The molecule has 0 radical (unpaired) electrons. The molecule has 0 aliphatic carbocycles. The van der Waals surface area contributed by atoms with Crippen LogP contribution >= 0.6 is 22.7 Å². The van der Waals surface area contributed by atoms with E-state index < -0.39 is 0 Å². The average molecular weight is 333 g/mol. The van der Waals surface area contributed by atoms with Crippen LogP contribution in [0.2, 0.25) is 0 Å². The average Bonchev–Trinajstić information content (AvgIpc) is 3.29. The SMILES string of the molecule is c1ccc(N(c2ccccc2)c2ccc(-c3cccs3)s2)cc1. The Bertz CT molecular complexity index is 825. The molecule has 4 rings (SSSR count). The minimum absolute atomic E-state index is 1.18. The highest BCUT2D eigenvalue weighted by Crippen LogP contribution is 2.42. The fraction of sp³-hybridized carbons (Fsp3) is 0. The third-order valence-corrected chi connectivity index (χ3v) is 5.74. The maximum Gasteiger partial charge on any atom is 0.101 e. The molecule has 0 atom stereocenters. The maximum atomic E-state index is 2.31. The van der Waals surface area contributed by atoms with Crippen LogP contribution in [-0.2, 0) is 0 Å². The van der Waals surface area contributed by atoms with Gasteiger partial charge in [-0.3, -0.25) is 0 Å². The van der Waals surface area contributed by atoms with Crippen molar-refractivity contribution in [2.75, 3.05) is 4.90 Å². The molecular formula is C20H15NS2. The second-order valence-electron chi connectivity index (χ2n) is 5.12. The first-order valence-corrected chi connectivity index (χ1v) is 9.15. The molecule has 0 saturated carbocycles. The molecular weight excluding hydrogens is 318 g/mol. The lowest BCUT2D eigenvalue weighted by Gasteiger charge is -2.23. The number of benzene rings is 2. The van der Waals surface area contributed by atoms with E-state index in [1.807, 2.05) is 11.3 Å². The van der Waals surface area contributed by atoms with Crippen molar-refractivity contribution in [2.45, 2.75) is 0 Å². The first kappa shape index (κ1) is 14.2. The molecule has 0 N–H and O–H groups in total. The Morgan fingerprint density at radius 3 is 1.78 bits per heavy atom. The van der Waals surface area contributed by atoms with E-state index in [9.17, 15) is 0 Å². The second-order valence-corrected chi connectivity index (χ2v) is 7.13. The first-order valence-electron chi connectivity index (χ1n) is 7.46. The van der Waals surface area contributed by atoms with Gasteiger partial charge in [0, 0.05) is 21.1 Å². The van der Waals surface area contributed by atoms with Crippen LogP contribution in [0.15, 0.2) is 90.3 Å². The van der Waals surface area contributed by atoms with Gasteiger partial charge in [0.05, 0.1) is 0 Å². The van der Waals surface area contributed by atoms with Crippen LogP contribution in [-0.4, -0.2) is 0 Å². The minimum atomic E-state index is 1.18. The van der Waals surface area contributed by atoms with Crippen LogP contribution in [0.4, 0.5) is 16.4 Å². The Morgan fingerprint density at radius 1 is 0.565 bits per heavy atom. The molecule has 0 bridgehead atoms. The summed E-state index contributed by atoms with van der Waals surface area (Å²) >= 11 is 3.61. The Balaban J connectivity index is 1.80. The number of nitrogens with zero attached hydrogens (tertiary/aromatic N) is 1. The summed E-state index contributed by atoms with van der Waals surface area (Å²) in [6.07, 6.45) is 0. The molecule has 112 valence electrons. The molecule has 0 unspecified atom stereocenters. The standard InChI is InChI=1S/C20H15NS2/c1-3-8-16(9-4-1)21(17-10-5-2-6-11-17)20-14-13-19(23-20)18-12-7-15-22-18/h1-15H. The van der Waals surface area contributed by atoms with Crippen molar-refractivity contribution in [3.63, 3.8) is 0 Å². The minimum Gasteiger partial charge on any atom is -0.302 e. The van der Waals surface area contributed by atoms with Crippen molar-refractivity contribution in [1.29, 1.82) is 0 Å². The van der Waals surface area contributed by atoms with E-state index in [1.54, 1.807) is 11.3 Å².